The highest BCUT2D eigenvalue weighted by molar-refractivity contribution is 6.30. The maximum absolute atomic E-state index is 11.8. The van der Waals surface area contributed by atoms with Crippen LogP contribution in [0.4, 0.5) is 5.69 Å². The maximum Gasteiger partial charge on any atom is 0.338 e. The van der Waals surface area contributed by atoms with Crippen molar-refractivity contribution in [1.29, 1.82) is 0 Å². The first-order valence-electron chi connectivity index (χ1n) is 5.73. The number of rotatable bonds is 4. The fourth-order valence-electron chi connectivity index (χ4n) is 1.62. The monoisotopic (exact) mass is 291 g/mol. The molecule has 0 saturated heterocycles. The van der Waals surface area contributed by atoms with Crippen molar-refractivity contribution in [2.24, 2.45) is 0 Å². The lowest BCUT2D eigenvalue weighted by atomic mass is 10.2. The van der Waals surface area contributed by atoms with Gasteiger partial charge in [-0.15, -0.1) is 0 Å². The number of nitro benzene ring substituents is 1. The van der Waals surface area contributed by atoms with Gasteiger partial charge < -0.3 is 4.74 Å². The molecule has 2 rings (SSSR count). The minimum absolute atomic E-state index is 0.0728. The van der Waals surface area contributed by atoms with Crippen molar-refractivity contribution < 1.29 is 14.5 Å². The van der Waals surface area contributed by atoms with Crippen LogP contribution in [0.25, 0.3) is 0 Å². The summed E-state index contributed by atoms with van der Waals surface area (Å²) in [5, 5.41) is 11.3. The quantitative estimate of drug-likeness (QED) is 0.490. The Hall–Kier alpha value is -2.40. The smallest absolute Gasteiger partial charge is 0.338 e. The number of nitro groups is 1. The van der Waals surface area contributed by atoms with Gasteiger partial charge in [0.1, 0.15) is 6.61 Å². The van der Waals surface area contributed by atoms with Crippen molar-refractivity contribution in [3.8, 4) is 0 Å². The summed E-state index contributed by atoms with van der Waals surface area (Å²) in [4.78, 5) is 22.1. The van der Waals surface area contributed by atoms with E-state index in [2.05, 4.69) is 0 Å². The van der Waals surface area contributed by atoms with E-state index in [1.54, 1.807) is 30.3 Å². The van der Waals surface area contributed by atoms with Gasteiger partial charge in [0.25, 0.3) is 5.69 Å². The van der Waals surface area contributed by atoms with Gasteiger partial charge >= 0.3 is 5.97 Å². The molecule has 0 spiro atoms. The van der Waals surface area contributed by atoms with E-state index in [1.165, 1.54) is 18.2 Å². The van der Waals surface area contributed by atoms with Crippen molar-refractivity contribution in [3.63, 3.8) is 0 Å². The standard InChI is InChI=1S/C14H10ClNO4/c15-12-7-5-10(6-8-12)14(17)20-9-11-3-1-2-4-13(11)16(18)19/h1-8H,9H2. The highest BCUT2D eigenvalue weighted by atomic mass is 35.5. The van der Waals surface area contributed by atoms with Crippen LogP contribution >= 0.6 is 11.6 Å². The molecule has 0 fully saturated rings. The Bertz CT molecular complexity index is 640. The highest BCUT2D eigenvalue weighted by Crippen LogP contribution is 2.19. The van der Waals surface area contributed by atoms with Gasteiger partial charge in [0, 0.05) is 11.1 Å². The Morgan fingerprint density at radius 1 is 1.15 bits per heavy atom. The van der Waals surface area contributed by atoms with Crippen LogP contribution < -0.4 is 0 Å². The zero-order valence-corrected chi connectivity index (χ0v) is 11.0. The Balaban J connectivity index is 2.07. The first-order chi connectivity index (χ1) is 9.58. The van der Waals surface area contributed by atoms with E-state index in [-0.39, 0.29) is 12.3 Å². The SMILES string of the molecule is O=C(OCc1ccccc1[N+](=O)[O-])c1ccc(Cl)cc1. The molecule has 0 saturated carbocycles. The zero-order valence-electron chi connectivity index (χ0n) is 10.3. The van der Waals surface area contributed by atoms with Gasteiger partial charge in [-0.1, -0.05) is 23.7 Å². The van der Waals surface area contributed by atoms with Crippen LogP contribution in [-0.2, 0) is 11.3 Å². The molecule has 102 valence electrons. The third-order valence-corrected chi connectivity index (χ3v) is 2.88. The van der Waals surface area contributed by atoms with Crippen molar-refractivity contribution >= 4 is 23.3 Å². The van der Waals surface area contributed by atoms with E-state index in [1.807, 2.05) is 0 Å². The van der Waals surface area contributed by atoms with Crippen LogP contribution in [0.2, 0.25) is 5.02 Å². The number of hydrogen-bond donors (Lipinski definition) is 0. The van der Waals surface area contributed by atoms with Crippen LogP contribution in [0.3, 0.4) is 0 Å². The minimum Gasteiger partial charge on any atom is -0.457 e. The Kier molecular flexibility index (Phi) is 4.32. The molecule has 0 unspecified atom stereocenters. The second-order valence-corrected chi connectivity index (χ2v) is 4.41. The largest absolute Gasteiger partial charge is 0.457 e. The molecule has 0 atom stereocenters. The maximum atomic E-state index is 11.8. The van der Waals surface area contributed by atoms with Gasteiger partial charge in [0.05, 0.1) is 16.1 Å². The lowest BCUT2D eigenvalue weighted by molar-refractivity contribution is -0.385. The Morgan fingerprint density at radius 3 is 2.45 bits per heavy atom. The number of para-hydroxylation sites is 1. The van der Waals surface area contributed by atoms with Gasteiger partial charge in [-0.25, -0.2) is 4.79 Å². The predicted molar refractivity (Wildman–Crippen MR) is 73.7 cm³/mol. The number of carbonyl (C=O) groups excluding carboxylic acids is 1. The predicted octanol–water partition coefficient (Wildman–Crippen LogP) is 3.61. The molecule has 0 aliphatic heterocycles. The van der Waals surface area contributed by atoms with Crippen LogP contribution in [0.15, 0.2) is 48.5 Å². The molecular formula is C14H10ClNO4. The van der Waals surface area contributed by atoms with Crippen LogP contribution in [0.5, 0.6) is 0 Å². The molecule has 0 aliphatic rings. The molecule has 20 heavy (non-hydrogen) atoms. The van der Waals surface area contributed by atoms with Crippen molar-refractivity contribution in [2.75, 3.05) is 0 Å². The number of nitrogens with zero attached hydrogens (tertiary/aromatic N) is 1. The van der Waals surface area contributed by atoms with E-state index in [0.29, 0.717) is 16.1 Å². The summed E-state index contributed by atoms with van der Waals surface area (Å²) < 4.78 is 5.06. The van der Waals surface area contributed by atoms with Crippen molar-refractivity contribution in [1.82, 2.24) is 0 Å². The summed E-state index contributed by atoms with van der Waals surface area (Å²) in [6.07, 6.45) is 0. The molecule has 0 radical (unpaired) electrons. The summed E-state index contributed by atoms with van der Waals surface area (Å²) >= 11 is 5.72. The van der Waals surface area contributed by atoms with Crippen molar-refractivity contribution in [2.45, 2.75) is 6.61 Å². The molecule has 6 heteroatoms. The lowest BCUT2D eigenvalue weighted by Crippen LogP contribution is -2.06. The summed E-state index contributed by atoms with van der Waals surface area (Å²) in [5.74, 6) is -0.556. The molecular weight excluding hydrogens is 282 g/mol. The van der Waals surface area contributed by atoms with Crippen molar-refractivity contribution in [3.05, 3.63) is 74.8 Å². The minimum atomic E-state index is -0.556. The van der Waals surface area contributed by atoms with Gasteiger partial charge in [0.15, 0.2) is 0 Å². The summed E-state index contributed by atoms with van der Waals surface area (Å²) in [6.45, 7) is -0.154. The van der Waals surface area contributed by atoms with Gasteiger partial charge in [0.2, 0.25) is 0 Å². The normalized spacial score (nSPS) is 10.1. The van der Waals surface area contributed by atoms with E-state index in [0.717, 1.165) is 0 Å². The molecule has 0 aromatic heterocycles. The van der Waals surface area contributed by atoms with E-state index in [9.17, 15) is 14.9 Å². The second-order valence-electron chi connectivity index (χ2n) is 3.97. The van der Waals surface area contributed by atoms with Gasteiger partial charge in [-0.2, -0.15) is 0 Å². The molecule has 5 nitrogen and oxygen atoms in total. The van der Waals surface area contributed by atoms with Crippen LogP contribution in [0, 0.1) is 10.1 Å². The molecule has 0 aliphatic carbocycles. The highest BCUT2D eigenvalue weighted by Gasteiger charge is 2.14. The van der Waals surface area contributed by atoms with Crippen LogP contribution in [-0.4, -0.2) is 10.9 Å². The number of esters is 1. The summed E-state index contributed by atoms with van der Waals surface area (Å²) in [6, 6.07) is 12.3. The Morgan fingerprint density at radius 2 is 1.80 bits per heavy atom. The second kappa shape index (κ2) is 6.16. The molecule has 0 amide bonds. The lowest BCUT2D eigenvalue weighted by Gasteiger charge is -2.05. The zero-order chi connectivity index (χ0) is 14.5. The van der Waals surface area contributed by atoms with E-state index < -0.39 is 10.9 Å². The molecule has 0 bridgehead atoms. The average Bonchev–Trinajstić information content (AvgIpc) is 2.45. The fraction of sp³-hybridized carbons (Fsp3) is 0.0714. The first kappa shape index (κ1) is 14.0. The Labute approximate surface area is 119 Å². The number of benzene rings is 2. The molecule has 2 aromatic carbocycles. The average molecular weight is 292 g/mol. The summed E-state index contributed by atoms with van der Waals surface area (Å²) in [5.41, 5.74) is 0.615. The third-order valence-electron chi connectivity index (χ3n) is 2.63. The first-order valence-corrected chi connectivity index (χ1v) is 6.10. The summed E-state index contributed by atoms with van der Waals surface area (Å²) in [7, 11) is 0. The topological polar surface area (TPSA) is 69.4 Å². The van der Waals surface area contributed by atoms with Gasteiger partial charge in [-0.05, 0) is 30.3 Å². The van der Waals surface area contributed by atoms with E-state index >= 15 is 0 Å². The number of halogens is 1. The van der Waals surface area contributed by atoms with Crippen LogP contribution in [0.1, 0.15) is 15.9 Å². The molecule has 2 aromatic rings. The van der Waals surface area contributed by atoms with Gasteiger partial charge in [-0.3, -0.25) is 10.1 Å². The van der Waals surface area contributed by atoms with E-state index in [4.69, 9.17) is 16.3 Å². The third kappa shape index (κ3) is 3.33. The fourth-order valence-corrected chi connectivity index (χ4v) is 1.75. The molecule has 0 heterocycles. The number of ether oxygens (including phenoxy) is 1. The number of hydrogen-bond acceptors (Lipinski definition) is 4. The number of carbonyl (C=O) groups is 1. The molecule has 0 N–H and O–H groups in total.